The predicted molar refractivity (Wildman–Crippen MR) is 83.0 cm³/mol. The van der Waals surface area contributed by atoms with E-state index in [-0.39, 0.29) is 46.8 Å². The summed E-state index contributed by atoms with van der Waals surface area (Å²) >= 11 is 0. The first-order chi connectivity index (χ1) is 11.0. The second kappa shape index (κ2) is 7.39. The number of nitro groups is 1. The molecule has 0 saturated carbocycles. The van der Waals surface area contributed by atoms with Crippen LogP contribution in [0.2, 0.25) is 0 Å². The van der Waals surface area contributed by atoms with Gasteiger partial charge in [-0.05, 0) is 30.4 Å². The van der Waals surface area contributed by atoms with Gasteiger partial charge in [-0.3, -0.25) is 10.1 Å². The van der Waals surface area contributed by atoms with Crippen LogP contribution in [0, 0.1) is 10.1 Å². The summed E-state index contributed by atoms with van der Waals surface area (Å²) in [6.45, 7) is 0. The molecule has 0 bridgehead atoms. The van der Waals surface area contributed by atoms with E-state index in [1.165, 1.54) is 24.3 Å². The number of fused-ring (bicyclic) bond motifs is 1. The molecule has 2 heterocycles. The van der Waals surface area contributed by atoms with Gasteiger partial charge in [0.2, 0.25) is 0 Å². The Morgan fingerprint density at radius 3 is 2.62 bits per heavy atom. The number of furan rings is 1. The first-order valence-corrected chi connectivity index (χ1v) is 6.60. The number of carbonyl (C=O) groups is 1. The van der Waals surface area contributed by atoms with Crippen LogP contribution in [-0.2, 0) is 0 Å². The summed E-state index contributed by atoms with van der Waals surface area (Å²) < 4.78 is 5.00. The Morgan fingerprint density at radius 1 is 1.21 bits per heavy atom. The van der Waals surface area contributed by atoms with E-state index in [1.807, 2.05) is 0 Å². The molecule has 0 aliphatic heterocycles. The molecular formula is C16H10N2NaO5+. The topological polar surface area (TPSA) is 106 Å². The van der Waals surface area contributed by atoms with Crippen molar-refractivity contribution in [1.82, 2.24) is 4.98 Å². The second-order valence-corrected chi connectivity index (χ2v) is 4.68. The summed E-state index contributed by atoms with van der Waals surface area (Å²) in [4.78, 5) is 25.7. The van der Waals surface area contributed by atoms with Crippen LogP contribution in [0.4, 0.5) is 5.88 Å². The molecule has 0 aliphatic carbocycles. The summed E-state index contributed by atoms with van der Waals surface area (Å²) in [6.07, 6.45) is 3.04. The van der Waals surface area contributed by atoms with Crippen LogP contribution < -0.4 is 29.6 Å². The summed E-state index contributed by atoms with van der Waals surface area (Å²) in [7, 11) is 0. The van der Waals surface area contributed by atoms with Gasteiger partial charge in [0.25, 0.3) is 0 Å². The van der Waals surface area contributed by atoms with Crippen molar-refractivity contribution in [3.8, 4) is 0 Å². The number of carboxylic acid groups (broad SMARTS) is 1. The molecule has 1 aromatic carbocycles. The number of nitrogens with zero attached hydrogens (tertiary/aromatic N) is 2. The summed E-state index contributed by atoms with van der Waals surface area (Å²) in [5, 5.41) is 20.4. The summed E-state index contributed by atoms with van der Waals surface area (Å²) in [6, 6.07) is 11.1. The van der Waals surface area contributed by atoms with Gasteiger partial charge in [-0.15, -0.1) is 0 Å². The SMILES string of the molecule is O=C(O)c1cc(/C=C/c2ccc([N+](=O)[O-])o2)nc2ccccc12.[Na+]. The first kappa shape index (κ1) is 17.9. The molecule has 0 amide bonds. The van der Waals surface area contributed by atoms with Crippen molar-refractivity contribution in [2.24, 2.45) is 0 Å². The number of pyridine rings is 1. The van der Waals surface area contributed by atoms with E-state index in [0.29, 0.717) is 16.6 Å². The van der Waals surface area contributed by atoms with Gasteiger partial charge in [0.15, 0.2) is 0 Å². The van der Waals surface area contributed by atoms with Crippen LogP contribution in [0.25, 0.3) is 23.1 Å². The monoisotopic (exact) mass is 333 g/mol. The molecule has 114 valence electrons. The van der Waals surface area contributed by atoms with Gasteiger partial charge in [-0.2, -0.15) is 0 Å². The van der Waals surface area contributed by atoms with Gasteiger partial charge in [-0.25, -0.2) is 9.78 Å². The number of aromatic carboxylic acids is 1. The number of para-hydroxylation sites is 1. The summed E-state index contributed by atoms with van der Waals surface area (Å²) in [5.74, 6) is -1.13. The van der Waals surface area contributed by atoms with Gasteiger partial charge in [0, 0.05) is 5.39 Å². The third-order valence-electron chi connectivity index (χ3n) is 3.18. The average molecular weight is 333 g/mol. The maximum atomic E-state index is 11.4. The molecule has 1 N–H and O–H groups in total. The molecule has 3 rings (SSSR count). The molecule has 0 atom stereocenters. The van der Waals surface area contributed by atoms with Crippen molar-refractivity contribution in [3.63, 3.8) is 0 Å². The summed E-state index contributed by atoms with van der Waals surface area (Å²) in [5.41, 5.74) is 1.11. The Bertz CT molecular complexity index is 949. The van der Waals surface area contributed by atoms with Gasteiger partial charge in [0.1, 0.15) is 10.7 Å². The maximum Gasteiger partial charge on any atom is 1.00 e. The van der Waals surface area contributed by atoms with Gasteiger partial charge < -0.3 is 9.52 Å². The van der Waals surface area contributed by atoms with E-state index in [1.54, 1.807) is 30.3 Å². The van der Waals surface area contributed by atoms with Crippen LogP contribution in [0.5, 0.6) is 0 Å². The van der Waals surface area contributed by atoms with Crippen molar-refractivity contribution in [3.05, 3.63) is 69.6 Å². The fraction of sp³-hybridized carbons (Fsp3) is 0. The Kier molecular flexibility index (Phi) is 5.50. The minimum Gasteiger partial charge on any atom is -0.478 e. The van der Waals surface area contributed by atoms with E-state index in [9.17, 15) is 20.0 Å². The van der Waals surface area contributed by atoms with Crippen molar-refractivity contribution in [1.29, 1.82) is 0 Å². The van der Waals surface area contributed by atoms with E-state index < -0.39 is 10.9 Å². The molecule has 8 heteroatoms. The van der Waals surface area contributed by atoms with E-state index in [0.717, 1.165) is 0 Å². The van der Waals surface area contributed by atoms with Gasteiger partial charge in [-0.1, -0.05) is 18.2 Å². The van der Waals surface area contributed by atoms with Crippen LogP contribution in [0.15, 0.2) is 46.9 Å². The fourth-order valence-electron chi connectivity index (χ4n) is 2.16. The van der Waals surface area contributed by atoms with Gasteiger partial charge >= 0.3 is 41.4 Å². The number of aromatic nitrogens is 1. The third kappa shape index (κ3) is 3.70. The van der Waals surface area contributed by atoms with E-state index in [4.69, 9.17) is 4.42 Å². The normalized spacial score (nSPS) is 10.7. The van der Waals surface area contributed by atoms with E-state index >= 15 is 0 Å². The van der Waals surface area contributed by atoms with Crippen LogP contribution in [-0.4, -0.2) is 21.0 Å². The zero-order valence-corrected chi connectivity index (χ0v) is 14.7. The van der Waals surface area contributed by atoms with Crippen molar-refractivity contribution in [2.75, 3.05) is 0 Å². The quantitative estimate of drug-likeness (QED) is 0.426. The molecule has 0 spiro atoms. The molecule has 7 nitrogen and oxygen atoms in total. The largest absolute Gasteiger partial charge is 1.00 e. The molecule has 0 radical (unpaired) electrons. The van der Waals surface area contributed by atoms with Crippen LogP contribution in [0.1, 0.15) is 21.8 Å². The fourth-order valence-corrected chi connectivity index (χ4v) is 2.16. The van der Waals surface area contributed by atoms with Crippen molar-refractivity contribution in [2.45, 2.75) is 0 Å². The standard InChI is InChI=1S/C16H10N2O5.Na/c19-16(20)13-9-10(17-14-4-2-1-3-12(13)14)5-6-11-7-8-15(23-11)18(21)22;/h1-9H,(H,19,20);/q;+1/b6-5+;. The number of benzene rings is 1. The molecule has 24 heavy (non-hydrogen) atoms. The first-order valence-electron chi connectivity index (χ1n) is 6.60. The van der Waals surface area contributed by atoms with Crippen LogP contribution in [0.3, 0.4) is 0 Å². The second-order valence-electron chi connectivity index (χ2n) is 4.68. The number of hydrogen-bond donors (Lipinski definition) is 1. The average Bonchev–Trinajstić information content (AvgIpc) is 3.01. The smallest absolute Gasteiger partial charge is 0.478 e. The molecule has 0 aliphatic rings. The van der Waals surface area contributed by atoms with Gasteiger partial charge in [0.05, 0.1) is 22.8 Å². The van der Waals surface area contributed by atoms with Crippen LogP contribution >= 0.6 is 0 Å². The van der Waals surface area contributed by atoms with Crippen molar-refractivity contribution < 1.29 is 48.8 Å². The molecule has 0 unspecified atom stereocenters. The Labute approximate surface area is 158 Å². The third-order valence-corrected chi connectivity index (χ3v) is 3.18. The molecule has 0 saturated heterocycles. The molecule has 2 aromatic heterocycles. The Morgan fingerprint density at radius 2 is 1.96 bits per heavy atom. The molecular weight excluding hydrogens is 323 g/mol. The minimum atomic E-state index is -1.05. The Hall–Kier alpha value is -2.48. The Balaban J connectivity index is 0.00000208. The molecule has 3 aromatic rings. The number of carboxylic acids is 1. The maximum absolute atomic E-state index is 11.4. The zero-order chi connectivity index (χ0) is 16.4. The predicted octanol–water partition coefficient (Wildman–Crippen LogP) is 0.609. The molecule has 0 fully saturated rings. The van der Waals surface area contributed by atoms with E-state index in [2.05, 4.69) is 4.98 Å². The number of rotatable bonds is 4. The number of hydrogen-bond acceptors (Lipinski definition) is 5. The zero-order valence-electron chi connectivity index (χ0n) is 12.7. The van der Waals surface area contributed by atoms with Crippen molar-refractivity contribution >= 4 is 34.9 Å². The minimum absolute atomic E-state index is 0.